The van der Waals surface area contributed by atoms with Crippen molar-refractivity contribution in [2.24, 2.45) is 0 Å². The summed E-state index contributed by atoms with van der Waals surface area (Å²) in [6.45, 7) is 0.344. The van der Waals surface area contributed by atoms with E-state index in [0.29, 0.717) is 6.54 Å². The molecule has 1 atom stereocenters. The lowest BCUT2D eigenvalue weighted by molar-refractivity contribution is -0.710. The summed E-state index contributed by atoms with van der Waals surface area (Å²) in [4.78, 5) is 0. The molecule has 90 valence electrons. The molecule has 1 aromatic heterocycles. The van der Waals surface area contributed by atoms with E-state index in [2.05, 4.69) is 0 Å². The van der Waals surface area contributed by atoms with Crippen molar-refractivity contribution in [3.63, 3.8) is 0 Å². The maximum absolute atomic E-state index is 9.97. The molecule has 2 N–H and O–H groups in total. The summed E-state index contributed by atoms with van der Waals surface area (Å²) in [5.41, 5.74) is 0.846. The normalized spacial score (nSPS) is 11.6. The van der Waals surface area contributed by atoms with Gasteiger partial charge in [0.15, 0.2) is 12.7 Å². The zero-order chi connectivity index (χ0) is 11.4. The highest BCUT2D eigenvalue weighted by atomic mass is 79.9. The summed E-state index contributed by atoms with van der Waals surface area (Å²) in [7, 11) is 0. The van der Waals surface area contributed by atoms with Crippen LogP contribution in [-0.4, -0.2) is 10.2 Å². The minimum Gasteiger partial charge on any atom is -1.00 e. The summed E-state index contributed by atoms with van der Waals surface area (Å²) in [5.74, 6) is 0.150. The fourth-order valence-corrected chi connectivity index (χ4v) is 1.59. The number of benzene rings is 1. The molecule has 2 aromatic rings. The Morgan fingerprint density at radius 2 is 1.65 bits per heavy atom. The van der Waals surface area contributed by atoms with E-state index < -0.39 is 6.10 Å². The molecule has 1 aromatic carbocycles. The van der Waals surface area contributed by atoms with Crippen LogP contribution in [0.4, 0.5) is 0 Å². The van der Waals surface area contributed by atoms with Crippen LogP contribution >= 0.6 is 0 Å². The van der Waals surface area contributed by atoms with Crippen molar-refractivity contribution < 1.29 is 31.8 Å². The first-order chi connectivity index (χ1) is 7.77. The van der Waals surface area contributed by atoms with Gasteiger partial charge in [0.1, 0.15) is 6.10 Å². The van der Waals surface area contributed by atoms with E-state index in [9.17, 15) is 10.2 Å². The average Bonchev–Trinajstić information content (AvgIpc) is 2.33. The molecule has 0 aliphatic rings. The van der Waals surface area contributed by atoms with Gasteiger partial charge in [0.25, 0.3) is 0 Å². The molecule has 3 nitrogen and oxygen atoms in total. The molecule has 1 heterocycles. The fraction of sp³-hybridized carbons (Fsp3) is 0.154. The first-order valence-corrected chi connectivity index (χ1v) is 5.18. The second kappa shape index (κ2) is 6.37. The molecule has 17 heavy (non-hydrogen) atoms. The molecule has 4 heteroatoms. The fourth-order valence-electron chi connectivity index (χ4n) is 1.59. The molecule has 0 amide bonds. The Morgan fingerprint density at radius 1 is 1.00 bits per heavy atom. The minimum absolute atomic E-state index is 0. The highest BCUT2D eigenvalue weighted by Crippen LogP contribution is 2.12. The topological polar surface area (TPSA) is 44.3 Å². The molecule has 0 spiro atoms. The van der Waals surface area contributed by atoms with E-state index in [0.717, 1.165) is 5.56 Å². The van der Waals surface area contributed by atoms with Crippen LogP contribution < -0.4 is 21.5 Å². The number of aromatic nitrogens is 1. The second-order valence-corrected chi connectivity index (χ2v) is 3.64. The number of rotatable bonds is 3. The quantitative estimate of drug-likeness (QED) is 0.671. The van der Waals surface area contributed by atoms with E-state index in [1.165, 1.54) is 0 Å². The Hall–Kier alpha value is -1.39. The lowest BCUT2D eigenvalue weighted by Gasteiger charge is -2.07. The summed E-state index contributed by atoms with van der Waals surface area (Å²) < 4.78 is 1.61. The average molecular weight is 296 g/mol. The highest BCUT2D eigenvalue weighted by Gasteiger charge is 2.15. The van der Waals surface area contributed by atoms with Gasteiger partial charge in [0.2, 0.25) is 0 Å². The first kappa shape index (κ1) is 13.7. The van der Waals surface area contributed by atoms with Crippen molar-refractivity contribution in [2.45, 2.75) is 12.6 Å². The number of aliphatic hydroxyl groups excluding tert-OH is 1. The molecular weight excluding hydrogens is 282 g/mol. The smallest absolute Gasteiger partial charge is 0.365 e. The summed E-state index contributed by atoms with van der Waals surface area (Å²) >= 11 is 0. The molecule has 0 saturated heterocycles. The van der Waals surface area contributed by atoms with Crippen LogP contribution in [0.25, 0.3) is 0 Å². The van der Waals surface area contributed by atoms with Gasteiger partial charge < -0.3 is 27.2 Å². The molecule has 0 radical (unpaired) electrons. The Morgan fingerprint density at radius 3 is 2.29 bits per heavy atom. The van der Waals surface area contributed by atoms with Gasteiger partial charge in [-0.15, -0.1) is 0 Å². The molecule has 0 bridgehead atoms. The maximum atomic E-state index is 9.97. The van der Waals surface area contributed by atoms with Crippen LogP contribution in [0.2, 0.25) is 0 Å². The van der Waals surface area contributed by atoms with Gasteiger partial charge in [-0.05, 0) is 11.6 Å². The number of aromatic hydroxyl groups is 1. The Labute approximate surface area is 111 Å². The monoisotopic (exact) mass is 295 g/mol. The van der Waals surface area contributed by atoms with E-state index in [1.807, 2.05) is 36.4 Å². The number of halogens is 1. The van der Waals surface area contributed by atoms with Crippen molar-refractivity contribution >= 4 is 0 Å². The molecule has 2 rings (SSSR count). The maximum Gasteiger partial charge on any atom is 0.365 e. The van der Waals surface area contributed by atoms with Gasteiger partial charge >= 0.3 is 5.88 Å². The van der Waals surface area contributed by atoms with Gasteiger partial charge in [-0.3, -0.25) is 0 Å². The van der Waals surface area contributed by atoms with Gasteiger partial charge in [-0.1, -0.05) is 30.3 Å². The number of aliphatic hydroxyl groups is 1. The molecule has 0 aliphatic carbocycles. The number of hydrogen-bond acceptors (Lipinski definition) is 2. The van der Waals surface area contributed by atoms with Gasteiger partial charge in [-0.2, -0.15) is 4.57 Å². The van der Waals surface area contributed by atoms with Crippen LogP contribution in [0, 0.1) is 0 Å². The second-order valence-electron chi connectivity index (χ2n) is 3.64. The van der Waals surface area contributed by atoms with Gasteiger partial charge in [-0.25, -0.2) is 0 Å². The van der Waals surface area contributed by atoms with Crippen molar-refractivity contribution in [3.05, 3.63) is 60.3 Å². The van der Waals surface area contributed by atoms with Crippen molar-refractivity contribution in [3.8, 4) is 5.88 Å². The molecule has 0 saturated carbocycles. The predicted molar refractivity (Wildman–Crippen MR) is 59.7 cm³/mol. The number of nitrogens with zero attached hydrogens (tertiary/aromatic N) is 1. The Balaban J connectivity index is 0.00000144. The first-order valence-electron chi connectivity index (χ1n) is 5.18. The highest BCUT2D eigenvalue weighted by molar-refractivity contribution is 5.16. The number of hydrogen-bond donors (Lipinski definition) is 2. The molecule has 1 unspecified atom stereocenters. The van der Waals surface area contributed by atoms with Crippen LogP contribution in [0.5, 0.6) is 5.88 Å². The minimum atomic E-state index is -0.612. The lowest BCUT2D eigenvalue weighted by Crippen LogP contribution is -3.00. The predicted octanol–water partition coefficient (Wildman–Crippen LogP) is -1.58. The van der Waals surface area contributed by atoms with Crippen LogP contribution in [-0.2, 0) is 6.54 Å². The zero-order valence-electron chi connectivity index (χ0n) is 9.20. The standard InChI is InChI=1S/C13H13NO2.BrH/c15-12(11-6-2-1-3-7-11)10-14-9-5-4-8-13(14)16;/h1-9,12,15H,10H2;1H. The van der Waals surface area contributed by atoms with Crippen molar-refractivity contribution in [1.29, 1.82) is 0 Å². The molecule has 0 aliphatic heterocycles. The summed E-state index contributed by atoms with van der Waals surface area (Å²) in [6.07, 6.45) is 1.13. The van der Waals surface area contributed by atoms with Crippen LogP contribution in [0.3, 0.4) is 0 Å². The van der Waals surface area contributed by atoms with Gasteiger partial charge in [0.05, 0.1) is 6.07 Å². The van der Waals surface area contributed by atoms with Crippen LogP contribution in [0.1, 0.15) is 11.7 Å². The Kier molecular flexibility index (Phi) is 5.12. The third-order valence-corrected chi connectivity index (χ3v) is 2.47. The Bertz CT molecular complexity index is 462. The largest absolute Gasteiger partial charge is 1.00 e. The van der Waals surface area contributed by atoms with E-state index in [1.54, 1.807) is 22.9 Å². The third-order valence-electron chi connectivity index (χ3n) is 2.47. The van der Waals surface area contributed by atoms with Crippen molar-refractivity contribution in [2.75, 3.05) is 0 Å². The SMILES string of the molecule is Oc1cccc[n+]1CC(O)c1ccccc1.[Br-]. The van der Waals surface area contributed by atoms with E-state index in [4.69, 9.17) is 0 Å². The number of pyridine rings is 1. The lowest BCUT2D eigenvalue weighted by atomic mass is 10.1. The molecular formula is C13H14BrNO2. The summed E-state index contributed by atoms with van der Waals surface area (Å²) in [6, 6.07) is 14.6. The van der Waals surface area contributed by atoms with E-state index in [-0.39, 0.29) is 22.9 Å². The van der Waals surface area contributed by atoms with Crippen molar-refractivity contribution in [1.82, 2.24) is 0 Å². The van der Waals surface area contributed by atoms with Crippen LogP contribution in [0.15, 0.2) is 54.7 Å². The van der Waals surface area contributed by atoms with E-state index >= 15 is 0 Å². The molecule has 0 fully saturated rings. The third kappa shape index (κ3) is 3.54. The summed E-state index contributed by atoms with van der Waals surface area (Å²) in [5, 5.41) is 19.5. The van der Waals surface area contributed by atoms with Gasteiger partial charge in [0, 0.05) is 6.07 Å². The zero-order valence-corrected chi connectivity index (χ0v) is 10.8.